The van der Waals surface area contributed by atoms with Gasteiger partial charge in [0, 0.05) is 37.0 Å². The van der Waals surface area contributed by atoms with E-state index in [9.17, 15) is 9.90 Å². The van der Waals surface area contributed by atoms with E-state index in [2.05, 4.69) is 26.1 Å². The number of carbonyl (C=O) groups is 1. The summed E-state index contributed by atoms with van der Waals surface area (Å²) in [6.45, 7) is 6.20. The highest BCUT2D eigenvalue weighted by molar-refractivity contribution is 9.10. The van der Waals surface area contributed by atoms with Crippen LogP contribution >= 0.6 is 15.9 Å². The Hall–Kier alpha value is -1.87. The van der Waals surface area contributed by atoms with E-state index in [-0.39, 0.29) is 12.1 Å². The second-order valence-electron chi connectivity index (χ2n) is 7.89. The van der Waals surface area contributed by atoms with Crippen molar-refractivity contribution in [2.24, 2.45) is 5.92 Å². The Balaban J connectivity index is 1.50. The summed E-state index contributed by atoms with van der Waals surface area (Å²) in [6.07, 6.45) is 6.46. The predicted molar refractivity (Wildman–Crippen MR) is 107 cm³/mol. The number of hydrogen-bond acceptors (Lipinski definition) is 4. The van der Waals surface area contributed by atoms with Crippen molar-refractivity contribution in [2.45, 2.75) is 58.2 Å². The molecular formula is C19H26BrN5O3. The number of halogens is 1. The summed E-state index contributed by atoms with van der Waals surface area (Å²) >= 11 is 3.58. The van der Waals surface area contributed by atoms with Crippen molar-refractivity contribution in [1.82, 2.24) is 24.5 Å². The van der Waals surface area contributed by atoms with Gasteiger partial charge in [-0.25, -0.2) is 9.48 Å². The maximum atomic E-state index is 11.4. The number of hydrogen-bond donors (Lipinski definition) is 1. The highest BCUT2D eigenvalue weighted by atomic mass is 79.9. The van der Waals surface area contributed by atoms with Crippen molar-refractivity contribution in [2.75, 3.05) is 13.2 Å². The molecule has 0 aliphatic carbocycles. The smallest absolute Gasteiger partial charge is 0.407 e. The van der Waals surface area contributed by atoms with Gasteiger partial charge in [0.15, 0.2) is 0 Å². The van der Waals surface area contributed by atoms with E-state index in [0.29, 0.717) is 12.5 Å². The van der Waals surface area contributed by atoms with Gasteiger partial charge in [-0.15, -0.1) is 0 Å². The molecule has 1 saturated heterocycles. The first-order valence-electron chi connectivity index (χ1n) is 9.82. The van der Waals surface area contributed by atoms with E-state index in [0.717, 1.165) is 49.1 Å². The molecule has 1 N–H and O–H groups in total. The maximum Gasteiger partial charge on any atom is 0.407 e. The fraction of sp³-hybridized carbons (Fsp3) is 0.632. The average molecular weight is 452 g/mol. The van der Waals surface area contributed by atoms with Crippen LogP contribution in [0.2, 0.25) is 0 Å². The third-order valence-electron chi connectivity index (χ3n) is 5.85. The SMILES string of the molecule is CC1CC(Cn2cc(-n3nc(Br)c4c3CCOCC4)cn2)CC(C)N1C(=O)O. The van der Waals surface area contributed by atoms with Crippen molar-refractivity contribution < 1.29 is 14.6 Å². The topological polar surface area (TPSA) is 85.4 Å². The number of piperidine rings is 1. The molecule has 0 spiro atoms. The van der Waals surface area contributed by atoms with Gasteiger partial charge < -0.3 is 14.7 Å². The van der Waals surface area contributed by atoms with Crippen molar-refractivity contribution in [3.05, 3.63) is 28.3 Å². The van der Waals surface area contributed by atoms with Gasteiger partial charge in [0.2, 0.25) is 0 Å². The van der Waals surface area contributed by atoms with E-state index in [1.807, 2.05) is 35.6 Å². The minimum Gasteiger partial charge on any atom is -0.465 e. The highest BCUT2D eigenvalue weighted by Gasteiger charge is 2.34. The minimum absolute atomic E-state index is 0.0270. The Morgan fingerprint density at radius 1 is 1.29 bits per heavy atom. The molecule has 4 rings (SSSR count). The quantitative estimate of drug-likeness (QED) is 0.774. The van der Waals surface area contributed by atoms with Crippen LogP contribution in [0.4, 0.5) is 4.79 Å². The molecule has 2 unspecified atom stereocenters. The second-order valence-corrected chi connectivity index (χ2v) is 8.64. The number of aromatic nitrogens is 4. The third kappa shape index (κ3) is 3.69. The van der Waals surface area contributed by atoms with E-state index >= 15 is 0 Å². The summed E-state index contributed by atoms with van der Waals surface area (Å²) in [7, 11) is 0. The molecule has 152 valence electrons. The molecule has 2 aromatic rings. The molecule has 0 aromatic carbocycles. The van der Waals surface area contributed by atoms with E-state index < -0.39 is 6.09 Å². The highest BCUT2D eigenvalue weighted by Crippen LogP contribution is 2.30. The summed E-state index contributed by atoms with van der Waals surface area (Å²) in [5.74, 6) is 0.406. The lowest BCUT2D eigenvalue weighted by Gasteiger charge is -2.40. The second kappa shape index (κ2) is 7.87. The van der Waals surface area contributed by atoms with Gasteiger partial charge in [-0.1, -0.05) is 0 Å². The van der Waals surface area contributed by atoms with Crippen LogP contribution in [0.3, 0.4) is 0 Å². The first-order chi connectivity index (χ1) is 13.4. The summed E-state index contributed by atoms with van der Waals surface area (Å²) < 4.78 is 10.4. The average Bonchev–Trinajstić information content (AvgIpc) is 3.09. The number of rotatable bonds is 3. The normalized spacial score (nSPS) is 25.4. The maximum absolute atomic E-state index is 11.4. The van der Waals surface area contributed by atoms with Crippen molar-refractivity contribution in [3.63, 3.8) is 0 Å². The molecule has 0 radical (unpaired) electrons. The zero-order valence-electron chi connectivity index (χ0n) is 16.2. The molecule has 4 heterocycles. The Labute approximate surface area is 172 Å². The lowest BCUT2D eigenvalue weighted by atomic mass is 9.87. The summed E-state index contributed by atoms with van der Waals surface area (Å²) in [5.41, 5.74) is 3.35. The van der Waals surface area contributed by atoms with Gasteiger partial charge in [0.05, 0.1) is 31.3 Å². The van der Waals surface area contributed by atoms with Crippen LogP contribution in [0.15, 0.2) is 17.0 Å². The van der Waals surface area contributed by atoms with Gasteiger partial charge in [-0.2, -0.15) is 10.2 Å². The molecule has 1 amide bonds. The van der Waals surface area contributed by atoms with Crippen LogP contribution in [0.25, 0.3) is 5.69 Å². The third-order valence-corrected chi connectivity index (χ3v) is 6.49. The van der Waals surface area contributed by atoms with Crippen LogP contribution in [0.1, 0.15) is 37.9 Å². The predicted octanol–water partition coefficient (Wildman–Crippen LogP) is 3.11. The summed E-state index contributed by atoms with van der Waals surface area (Å²) in [5, 5.41) is 18.6. The molecule has 8 nitrogen and oxygen atoms in total. The number of ether oxygens (including phenoxy) is 1. The summed E-state index contributed by atoms with van der Waals surface area (Å²) in [6, 6.07) is 0.0539. The largest absolute Gasteiger partial charge is 0.465 e. The molecule has 28 heavy (non-hydrogen) atoms. The van der Waals surface area contributed by atoms with Crippen LogP contribution in [0, 0.1) is 5.92 Å². The van der Waals surface area contributed by atoms with Crippen LogP contribution in [-0.2, 0) is 24.1 Å². The molecule has 0 bridgehead atoms. The van der Waals surface area contributed by atoms with Gasteiger partial charge in [0.25, 0.3) is 0 Å². The number of likely N-dealkylation sites (tertiary alicyclic amines) is 1. The number of carboxylic acid groups (broad SMARTS) is 1. The zero-order chi connectivity index (χ0) is 19.8. The Bertz CT molecular complexity index is 852. The standard InChI is InChI=1S/C19H26BrN5O3/c1-12-7-14(8-13(2)24(12)19(26)27)10-23-11-15(9-21-23)25-17-4-6-28-5-3-16(17)18(20)22-25/h9,11-14H,3-8,10H2,1-2H3,(H,26,27). The lowest BCUT2D eigenvalue weighted by molar-refractivity contribution is 0.0592. The number of nitrogens with zero attached hydrogens (tertiary/aromatic N) is 5. The molecule has 2 atom stereocenters. The monoisotopic (exact) mass is 451 g/mol. The first-order valence-corrected chi connectivity index (χ1v) is 10.6. The fourth-order valence-corrected chi connectivity index (χ4v) is 5.28. The Morgan fingerprint density at radius 3 is 2.71 bits per heavy atom. The molecule has 2 aliphatic rings. The Kier molecular flexibility index (Phi) is 5.46. The summed E-state index contributed by atoms with van der Waals surface area (Å²) in [4.78, 5) is 13.0. The molecular weight excluding hydrogens is 426 g/mol. The van der Waals surface area contributed by atoms with Crippen LogP contribution < -0.4 is 0 Å². The molecule has 9 heteroatoms. The Morgan fingerprint density at radius 2 is 2.00 bits per heavy atom. The minimum atomic E-state index is -0.825. The number of amides is 1. The van der Waals surface area contributed by atoms with Gasteiger partial charge in [-0.05, 0) is 48.5 Å². The first kappa shape index (κ1) is 19.4. The van der Waals surface area contributed by atoms with Gasteiger partial charge >= 0.3 is 6.09 Å². The van der Waals surface area contributed by atoms with E-state index in [1.165, 1.54) is 11.3 Å². The van der Waals surface area contributed by atoms with Gasteiger partial charge in [0.1, 0.15) is 10.3 Å². The molecule has 2 aliphatic heterocycles. The molecule has 1 fully saturated rings. The molecule has 0 saturated carbocycles. The van der Waals surface area contributed by atoms with Crippen LogP contribution in [-0.4, -0.2) is 61.0 Å². The number of fused-ring (bicyclic) bond motifs is 1. The van der Waals surface area contributed by atoms with Crippen molar-refractivity contribution in [1.29, 1.82) is 0 Å². The van der Waals surface area contributed by atoms with Crippen molar-refractivity contribution >= 4 is 22.0 Å². The molecule has 2 aromatic heterocycles. The van der Waals surface area contributed by atoms with Crippen LogP contribution in [0.5, 0.6) is 0 Å². The van der Waals surface area contributed by atoms with Crippen molar-refractivity contribution in [3.8, 4) is 5.69 Å². The van der Waals surface area contributed by atoms with Gasteiger partial charge in [-0.3, -0.25) is 4.68 Å². The van der Waals surface area contributed by atoms with E-state index in [1.54, 1.807) is 4.90 Å². The fourth-order valence-electron chi connectivity index (χ4n) is 4.69. The zero-order valence-corrected chi connectivity index (χ0v) is 17.8. The lowest BCUT2D eigenvalue weighted by Crippen LogP contribution is -2.49. The van der Waals surface area contributed by atoms with E-state index in [4.69, 9.17) is 4.74 Å².